The fourth-order valence-corrected chi connectivity index (χ4v) is 0.503. The summed E-state index contributed by atoms with van der Waals surface area (Å²) in [5, 5.41) is 0. The van der Waals surface area contributed by atoms with E-state index in [4.69, 9.17) is 9.47 Å². The summed E-state index contributed by atoms with van der Waals surface area (Å²) in [5.74, 6) is 0. The average molecular weight is 200 g/mol. The number of rotatable bonds is 5. The summed E-state index contributed by atoms with van der Waals surface area (Å²) in [6.07, 6.45) is 3.73. The second-order valence-electron chi connectivity index (χ2n) is 1.82. The molecule has 0 aromatic heterocycles. The van der Waals surface area contributed by atoms with Crippen LogP contribution in [0, 0.1) is 0 Å². The van der Waals surface area contributed by atoms with E-state index in [0.29, 0.717) is 13.4 Å². The van der Waals surface area contributed by atoms with E-state index in [1.807, 2.05) is 26.8 Å². The van der Waals surface area contributed by atoms with Crippen LogP contribution in [-0.2, 0) is 9.47 Å². The molecule has 0 amide bonds. The molecule has 0 aliphatic heterocycles. The molecule has 0 saturated carbocycles. The first-order valence-electron chi connectivity index (χ1n) is 4.69. The normalized spacial score (nSPS) is 9.00. The zero-order valence-corrected chi connectivity index (χ0v) is 10.0. The van der Waals surface area contributed by atoms with Crippen LogP contribution in [0.25, 0.3) is 0 Å². The van der Waals surface area contributed by atoms with Crippen LogP contribution >= 0.6 is 0 Å². The molecule has 0 atom stereocenters. The Balaban J connectivity index is -0.000000266. The Kier molecular flexibility index (Phi) is 30.6. The summed E-state index contributed by atoms with van der Waals surface area (Å²) in [6.45, 7) is 16.5. The number of hydrogen-bond acceptors (Lipinski definition) is 2. The molecule has 14 heavy (non-hydrogen) atoms. The van der Waals surface area contributed by atoms with Crippen molar-refractivity contribution in [2.45, 2.75) is 20.8 Å². The van der Waals surface area contributed by atoms with E-state index in [-0.39, 0.29) is 0 Å². The Morgan fingerprint density at radius 1 is 1.29 bits per heavy atom. The van der Waals surface area contributed by atoms with Gasteiger partial charge < -0.3 is 9.47 Å². The molecule has 0 radical (unpaired) electrons. The first-order chi connectivity index (χ1) is 6.85. The lowest BCUT2D eigenvalue weighted by molar-refractivity contribution is -0.0204. The molecule has 0 rings (SSSR count). The highest BCUT2D eigenvalue weighted by Crippen LogP contribution is 1.95. The van der Waals surface area contributed by atoms with Crippen LogP contribution in [0.3, 0.4) is 0 Å². The largest absolute Gasteiger partial charge is 0.359 e. The molecule has 0 unspecified atom stereocenters. The molecular weight excluding hydrogens is 176 g/mol. The third kappa shape index (κ3) is 17.3. The van der Waals surface area contributed by atoms with Crippen LogP contribution in [0.5, 0.6) is 0 Å². The molecule has 0 heterocycles. The SMILES string of the molecule is C=C.C=C/C(=C\C)COCOC.CC. The molecule has 0 aliphatic rings. The summed E-state index contributed by atoms with van der Waals surface area (Å²) >= 11 is 0. The van der Waals surface area contributed by atoms with E-state index >= 15 is 0 Å². The minimum absolute atomic E-state index is 0.338. The van der Waals surface area contributed by atoms with Gasteiger partial charge >= 0.3 is 0 Å². The first kappa shape index (κ1) is 18.8. The van der Waals surface area contributed by atoms with Gasteiger partial charge in [-0.25, -0.2) is 0 Å². The minimum Gasteiger partial charge on any atom is -0.359 e. The summed E-state index contributed by atoms with van der Waals surface area (Å²) in [7, 11) is 1.60. The van der Waals surface area contributed by atoms with Gasteiger partial charge in [0.1, 0.15) is 6.79 Å². The van der Waals surface area contributed by atoms with Crippen molar-refractivity contribution in [1.82, 2.24) is 0 Å². The van der Waals surface area contributed by atoms with E-state index in [9.17, 15) is 0 Å². The minimum atomic E-state index is 0.338. The fraction of sp³-hybridized carbons (Fsp3) is 0.500. The van der Waals surface area contributed by atoms with E-state index in [2.05, 4.69) is 19.7 Å². The third-order valence-corrected chi connectivity index (χ3v) is 1.10. The Morgan fingerprint density at radius 2 is 1.79 bits per heavy atom. The molecule has 0 fully saturated rings. The van der Waals surface area contributed by atoms with Gasteiger partial charge in [-0.1, -0.05) is 32.6 Å². The summed E-state index contributed by atoms with van der Waals surface area (Å²) in [6, 6.07) is 0. The number of ether oxygens (including phenoxy) is 2. The van der Waals surface area contributed by atoms with E-state index < -0.39 is 0 Å². The highest BCUT2D eigenvalue weighted by Gasteiger charge is 1.88. The Morgan fingerprint density at radius 3 is 2.07 bits per heavy atom. The summed E-state index contributed by atoms with van der Waals surface area (Å²) in [5.41, 5.74) is 1.08. The molecule has 2 heteroatoms. The van der Waals surface area contributed by atoms with Gasteiger partial charge in [0.25, 0.3) is 0 Å². The van der Waals surface area contributed by atoms with Crippen molar-refractivity contribution in [3.05, 3.63) is 37.5 Å². The second-order valence-corrected chi connectivity index (χ2v) is 1.82. The molecule has 0 aromatic carbocycles. The Labute approximate surface area is 88.9 Å². The molecule has 0 bridgehead atoms. The molecular formula is C12H24O2. The highest BCUT2D eigenvalue weighted by atomic mass is 16.7. The van der Waals surface area contributed by atoms with Crippen molar-refractivity contribution in [2.24, 2.45) is 0 Å². The second kappa shape index (κ2) is 22.7. The molecule has 84 valence electrons. The van der Waals surface area contributed by atoms with Crippen LogP contribution in [0.1, 0.15) is 20.8 Å². The van der Waals surface area contributed by atoms with Crippen molar-refractivity contribution in [3.8, 4) is 0 Å². The summed E-state index contributed by atoms with van der Waals surface area (Å²) in [4.78, 5) is 0. The van der Waals surface area contributed by atoms with Gasteiger partial charge in [-0.05, 0) is 12.5 Å². The predicted molar refractivity (Wildman–Crippen MR) is 64.4 cm³/mol. The van der Waals surface area contributed by atoms with E-state index in [1.54, 1.807) is 13.2 Å². The van der Waals surface area contributed by atoms with Gasteiger partial charge in [0.2, 0.25) is 0 Å². The first-order valence-corrected chi connectivity index (χ1v) is 4.69. The van der Waals surface area contributed by atoms with Gasteiger partial charge in [0.15, 0.2) is 0 Å². The van der Waals surface area contributed by atoms with Crippen molar-refractivity contribution in [3.63, 3.8) is 0 Å². The molecule has 0 spiro atoms. The van der Waals surface area contributed by atoms with Gasteiger partial charge in [-0.15, -0.1) is 13.2 Å². The predicted octanol–water partition coefficient (Wildman–Crippen LogP) is 3.57. The lowest BCUT2D eigenvalue weighted by atomic mass is 10.3. The van der Waals surface area contributed by atoms with Gasteiger partial charge in [0.05, 0.1) is 6.61 Å². The van der Waals surface area contributed by atoms with Gasteiger partial charge in [0, 0.05) is 7.11 Å². The Bertz CT molecular complexity index is 128. The molecule has 0 saturated heterocycles. The van der Waals surface area contributed by atoms with Gasteiger partial charge in [-0.3, -0.25) is 0 Å². The van der Waals surface area contributed by atoms with Crippen molar-refractivity contribution in [2.75, 3.05) is 20.5 Å². The van der Waals surface area contributed by atoms with Crippen LogP contribution in [0.15, 0.2) is 37.5 Å². The maximum atomic E-state index is 5.06. The topological polar surface area (TPSA) is 18.5 Å². The van der Waals surface area contributed by atoms with Gasteiger partial charge in [-0.2, -0.15) is 0 Å². The fourth-order valence-electron chi connectivity index (χ4n) is 0.503. The van der Waals surface area contributed by atoms with Crippen molar-refractivity contribution in [1.29, 1.82) is 0 Å². The maximum Gasteiger partial charge on any atom is 0.146 e. The zero-order chi connectivity index (χ0) is 11.8. The van der Waals surface area contributed by atoms with Crippen LogP contribution in [-0.4, -0.2) is 20.5 Å². The molecule has 2 nitrogen and oxygen atoms in total. The van der Waals surface area contributed by atoms with Crippen LogP contribution in [0.4, 0.5) is 0 Å². The molecule has 0 aromatic rings. The lowest BCUT2D eigenvalue weighted by Crippen LogP contribution is -1.99. The van der Waals surface area contributed by atoms with Crippen LogP contribution in [0.2, 0.25) is 0 Å². The third-order valence-electron chi connectivity index (χ3n) is 1.10. The monoisotopic (exact) mass is 200 g/mol. The maximum absolute atomic E-state index is 5.06. The van der Waals surface area contributed by atoms with E-state index in [1.165, 1.54) is 0 Å². The zero-order valence-electron chi connectivity index (χ0n) is 10.0. The lowest BCUT2D eigenvalue weighted by Gasteiger charge is -2.01. The van der Waals surface area contributed by atoms with E-state index in [0.717, 1.165) is 5.57 Å². The summed E-state index contributed by atoms with van der Waals surface area (Å²) < 4.78 is 9.76. The number of methoxy groups -OCH3 is 1. The highest BCUT2D eigenvalue weighted by molar-refractivity contribution is 5.15. The Hall–Kier alpha value is -0.860. The average Bonchev–Trinajstić information content (AvgIpc) is 2.30. The quantitative estimate of drug-likeness (QED) is 0.292. The molecule has 0 N–H and O–H groups in total. The van der Waals surface area contributed by atoms with Crippen LogP contribution < -0.4 is 0 Å². The number of hydrogen-bond donors (Lipinski definition) is 0. The van der Waals surface area contributed by atoms with Crippen molar-refractivity contribution < 1.29 is 9.47 Å². The molecule has 0 aliphatic carbocycles. The standard InChI is InChI=1S/C8H14O2.C2H6.C2H4/c1-4-8(5-2)6-10-7-9-3;2*1-2/h4-5H,1,6-7H2,2-3H3;1-2H3;1-2H2/b8-5+;;. The number of allylic oxidation sites excluding steroid dienone is 1. The van der Waals surface area contributed by atoms with Crippen molar-refractivity contribution >= 4 is 0 Å². The smallest absolute Gasteiger partial charge is 0.146 e.